The maximum Gasteiger partial charge on any atom is 0.193 e. The summed E-state index contributed by atoms with van der Waals surface area (Å²) in [5.41, 5.74) is 1.11. The Morgan fingerprint density at radius 2 is 2.23 bits per heavy atom. The summed E-state index contributed by atoms with van der Waals surface area (Å²) in [4.78, 5) is 10.9. The minimum Gasteiger partial charge on any atom is -0.381 e. The summed E-state index contributed by atoms with van der Waals surface area (Å²) in [5.74, 6) is 1.76. The molecule has 0 saturated carbocycles. The van der Waals surface area contributed by atoms with Gasteiger partial charge in [-0.05, 0) is 37.3 Å². The van der Waals surface area contributed by atoms with Gasteiger partial charge in [0.15, 0.2) is 5.96 Å². The lowest BCUT2D eigenvalue weighted by atomic mass is 9.96. The van der Waals surface area contributed by atoms with Crippen LogP contribution in [0.15, 0.2) is 29.4 Å². The van der Waals surface area contributed by atoms with Crippen LogP contribution in [0.1, 0.15) is 25.0 Å². The minimum absolute atomic E-state index is 0.794. The predicted molar refractivity (Wildman–Crippen MR) is 90.1 cm³/mol. The molecule has 1 fully saturated rings. The van der Waals surface area contributed by atoms with Crippen LogP contribution >= 0.6 is 0 Å². The lowest BCUT2D eigenvalue weighted by Crippen LogP contribution is -2.40. The Morgan fingerprint density at radius 1 is 1.41 bits per heavy atom. The third kappa shape index (κ3) is 5.64. The smallest absolute Gasteiger partial charge is 0.193 e. The molecule has 0 unspecified atom stereocenters. The molecule has 2 heterocycles. The lowest BCUT2D eigenvalue weighted by Gasteiger charge is -2.26. The van der Waals surface area contributed by atoms with E-state index in [-0.39, 0.29) is 0 Å². The third-order valence-electron chi connectivity index (χ3n) is 4.18. The first-order valence-electron chi connectivity index (χ1n) is 8.19. The van der Waals surface area contributed by atoms with Crippen LogP contribution in [0.2, 0.25) is 0 Å². The molecule has 1 aromatic rings. The number of nitrogens with zero attached hydrogens (tertiary/aromatic N) is 3. The molecule has 2 rings (SSSR count). The van der Waals surface area contributed by atoms with Crippen LogP contribution in [-0.4, -0.2) is 56.2 Å². The summed E-state index contributed by atoms with van der Waals surface area (Å²) in [6.45, 7) is 3.73. The van der Waals surface area contributed by atoms with Crippen LogP contribution in [0.25, 0.3) is 0 Å². The number of guanidine groups is 1. The van der Waals surface area contributed by atoms with Crippen LogP contribution in [0, 0.1) is 5.92 Å². The first-order chi connectivity index (χ1) is 10.8. The van der Waals surface area contributed by atoms with Gasteiger partial charge in [0.2, 0.25) is 0 Å². The fourth-order valence-corrected chi connectivity index (χ4v) is 2.75. The molecule has 1 aliphatic heterocycles. The van der Waals surface area contributed by atoms with E-state index in [4.69, 9.17) is 4.74 Å². The molecule has 0 bridgehead atoms. The highest BCUT2D eigenvalue weighted by Gasteiger charge is 2.15. The molecule has 0 aliphatic carbocycles. The van der Waals surface area contributed by atoms with E-state index >= 15 is 0 Å². The molecule has 5 heteroatoms. The van der Waals surface area contributed by atoms with Gasteiger partial charge in [0, 0.05) is 58.7 Å². The molecule has 22 heavy (non-hydrogen) atoms. The molecule has 0 atom stereocenters. The van der Waals surface area contributed by atoms with Crippen molar-refractivity contribution >= 4 is 5.96 Å². The van der Waals surface area contributed by atoms with Gasteiger partial charge in [-0.3, -0.25) is 9.98 Å². The Morgan fingerprint density at radius 3 is 2.91 bits per heavy atom. The SMILES string of the molecule is CN=C(NCCc1ccccn1)N(C)CCC1CCOCC1. The number of rotatable bonds is 6. The Kier molecular flexibility index (Phi) is 7.16. The van der Waals surface area contributed by atoms with Crippen molar-refractivity contribution < 1.29 is 4.74 Å². The number of aromatic nitrogens is 1. The van der Waals surface area contributed by atoms with Crippen LogP contribution in [0.5, 0.6) is 0 Å². The molecular weight excluding hydrogens is 276 g/mol. The second-order valence-corrected chi connectivity index (χ2v) is 5.81. The van der Waals surface area contributed by atoms with E-state index in [1.54, 1.807) is 0 Å². The maximum atomic E-state index is 5.41. The van der Waals surface area contributed by atoms with Gasteiger partial charge in [-0.25, -0.2) is 0 Å². The first-order valence-corrected chi connectivity index (χ1v) is 8.19. The van der Waals surface area contributed by atoms with Crippen molar-refractivity contribution in [2.24, 2.45) is 10.9 Å². The number of hydrogen-bond donors (Lipinski definition) is 1. The highest BCUT2D eigenvalue weighted by molar-refractivity contribution is 5.79. The van der Waals surface area contributed by atoms with Crippen LogP contribution in [0.4, 0.5) is 0 Å². The summed E-state index contributed by atoms with van der Waals surface area (Å²) >= 11 is 0. The van der Waals surface area contributed by atoms with Crippen molar-refractivity contribution in [3.05, 3.63) is 30.1 Å². The minimum atomic E-state index is 0.794. The van der Waals surface area contributed by atoms with Gasteiger partial charge in [0.1, 0.15) is 0 Å². The molecule has 1 N–H and O–H groups in total. The number of aliphatic imine (C=N–C) groups is 1. The molecule has 0 radical (unpaired) electrons. The first kappa shape index (κ1) is 16.7. The average molecular weight is 304 g/mol. The summed E-state index contributed by atoms with van der Waals surface area (Å²) in [6, 6.07) is 6.02. The largest absolute Gasteiger partial charge is 0.381 e. The van der Waals surface area contributed by atoms with Gasteiger partial charge < -0.3 is 15.0 Å². The van der Waals surface area contributed by atoms with Crippen molar-refractivity contribution in [1.82, 2.24) is 15.2 Å². The quantitative estimate of drug-likeness (QED) is 0.645. The second kappa shape index (κ2) is 9.41. The zero-order chi connectivity index (χ0) is 15.6. The molecule has 122 valence electrons. The highest BCUT2D eigenvalue weighted by atomic mass is 16.5. The van der Waals surface area contributed by atoms with Crippen molar-refractivity contribution in [2.45, 2.75) is 25.7 Å². The predicted octanol–water partition coefficient (Wildman–Crippen LogP) is 1.95. The molecule has 1 aliphatic rings. The van der Waals surface area contributed by atoms with Crippen molar-refractivity contribution in [3.8, 4) is 0 Å². The van der Waals surface area contributed by atoms with Gasteiger partial charge in [0.25, 0.3) is 0 Å². The standard InChI is InChI=1S/C17H28N4O/c1-18-17(20-11-6-16-5-3-4-10-19-16)21(2)12-7-15-8-13-22-14-9-15/h3-5,10,15H,6-9,11-14H2,1-2H3,(H,18,20). The van der Waals surface area contributed by atoms with E-state index < -0.39 is 0 Å². The van der Waals surface area contributed by atoms with Crippen LogP contribution in [0.3, 0.4) is 0 Å². The molecule has 5 nitrogen and oxygen atoms in total. The van der Waals surface area contributed by atoms with Gasteiger partial charge in [-0.2, -0.15) is 0 Å². The fraction of sp³-hybridized carbons (Fsp3) is 0.647. The monoisotopic (exact) mass is 304 g/mol. The molecule has 0 aromatic carbocycles. The zero-order valence-corrected chi connectivity index (χ0v) is 13.8. The Balaban J connectivity index is 1.68. The summed E-state index contributed by atoms with van der Waals surface area (Å²) in [7, 11) is 3.95. The molecular formula is C17H28N4O. The topological polar surface area (TPSA) is 49.8 Å². The maximum absolute atomic E-state index is 5.41. The number of hydrogen-bond acceptors (Lipinski definition) is 3. The van der Waals surface area contributed by atoms with Crippen molar-refractivity contribution in [2.75, 3.05) is 40.4 Å². The van der Waals surface area contributed by atoms with Crippen molar-refractivity contribution in [1.29, 1.82) is 0 Å². The Labute approximate surface area is 133 Å². The third-order valence-corrected chi connectivity index (χ3v) is 4.18. The molecule has 1 aromatic heterocycles. The zero-order valence-electron chi connectivity index (χ0n) is 13.8. The normalized spacial score (nSPS) is 16.5. The molecule has 0 spiro atoms. The van der Waals surface area contributed by atoms with Gasteiger partial charge in [-0.1, -0.05) is 6.07 Å². The van der Waals surface area contributed by atoms with E-state index in [1.165, 1.54) is 19.3 Å². The van der Waals surface area contributed by atoms with E-state index in [2.05, 4.69) is 33.3 Å². The van der Waals surface area contributed by atoms with E-state index in [0.717, 1.165) is 50.3 Å². The van der Waals surface area contributed by atoms with Gasteiger partial charge in [0.05, 0.1) is 0 Å². The number of nitrogens with one attached hydrogen (secondary N) is 1. The van der Waals surface area contributed by atoms with Crippen molar-refractivity contribution in [3.63, 3.8) is 0 Å². The van der Waals surface area contributed by atoms with Gasteiger partial charge in [-0.15, -0.1) is 0 Å². The van der Waals surface area contributed by atoms with Crippen LogP contribution in [-0.2, 0) is 11.2 Å². The van der Waals surface area contributed by atoms with Crippen LogP contribution < -0.4 is 5.32 Å². The molecule has 0 amide bonds. The van der Waals surface area contributed by atoms with E-state index in [9.17, 15) is 0 Å². The molecule has 1 saturated heterocycles. The average Bonchev–Trinajstić information content (AvgIpc) is 2.58. The highest BCUT2D eigenvalue weighted by Crippen LogP contribution is 2.18. The number of pyridine rings is 1. The van der Waals surface area contributed by atoms with E-state index in [1.807, 2.05) is 25.4 Å². The Hall–Kier alpha value is -1.62. The summed E-state index contributed by atoms with van der Waals surface area (Å²) < 4.78 is 5.41. The lowest BCUT2D eigenvalue weighted by molar-refractivity contribution is 0.0625. The number of ether oxygens (including phenoxy) is 1. The fourth-order valence-electron chi connectivity index (χ4n) is 2.75. The summed E-state index contributed by atoms with van der Waals surface area (Å²) in [6.07, 6.45) is 6.34. The van der Waals surface area contributed by atoms with Gasteiger partial charge >= 0.3 is 0 Å². The Bertz CT molecular complexity index is 443. The van der Waals surface area contributed by atoms with E-state index in [0.29, 0.717) is 0 Å². The summed E-state index contributed by atoms with van der Waals surface area (Å²) in [5, 5.41) is 3.42. The second-order valence-electron chi connectivity index (χ2n) is 5.81.